The van der Waals surface area contributed by atoms with Crippen LogP contribution >= 0.6 is 0 Å². The minimum absolute atomic E-state index is 0.227. The molecule has 0 spiro atoms. The fourth-order valence-electron chi connectivity index (χ4n) is 5.14. The van der Waals surface area contributed by atoms with Crippen molar-refractivity contribution in [1.29, 1.82) is 5.26 Å². The molecule has 2 fully saturated rings. The lowest BCUT2D eigenvalue weighted by Gasteiger charge is -2.29. The number of nitrogens with one attached hydrogen (secondary N) is 1. The van der Waals surface area contributed by atoms with E-state index >= 15 is 0 Å². The van der Waals surface area contributed by atoms with Crippen LogP contribution in [0.3, 0.4) is 0 Å². The Kier molecular flexibility index (Phi) is 5.77. The van der Waals surface area contributed by atoms with E-state index in [1.54, 1.807) is 11.1 Å². The molecule has 2 aliphatic rings. The number of nitrogens with zero attached hydrogens (tertiary/aromatic N) is 8. The molecule has 2 aliphatic heterocycles. The number of rotatable bonds is 6. The molecule has 1 aromatic carbocycles. The minimum Gasteiger partial charge on any atom is -0.482 e. The first-order valence-corrected chi connectivity index (χ1v) is 12.5. The van der Waals surface area contributed by atoms with Crippen LogP contribution in [0.1, 0.15) is 49.3 Å². The van der Waals surface area contributed by atoms with Crippen molar-refractivity contribution in [1.82, 2.24) is 39.7 Å². The van der Waals surface area contributed by atoms with Gasteiger partial charge in [-0.1, -0.05) is 11.3 Å². The third-order valence-electron chi connectivity index (χ3n) is 7.35. The summed E-state index contributed by atoms with van der Waals surface area (Å²) in [5, 5.41) is 21.6. The topological polar surface area (TPSA) is 110 Å². The SMILES string of the molecule is Cc1c(-c2cc(O[C@H](C)c3ccccn3)c3c(c2)ncn3C2CNC2)nnn1C1CCN(C#N)CC1. The first-order valence-electron chi connectivity index (χ1n) is 12.5. The quantitative estimate of drug-likeness (QED) is 0.416. The fraction of sp³-hybridized carbons (Fsp3) is 0.423. The summed E-state index contributed by atoms with van der Waals surface area (Å²) in [6.07, 6.45) is 7.48. The second-order valence-electron chi connectivity index (χ2n) is 9.61. The first kappa shape index (κ1) is 22.5. The number of pyridine rings is 1. The molecule has 0 unspecified atom stereocenters. The van der Waals surface area contributed by atoms with Crippen molar-refractivity contribution in [2.24, 2.45) is 0 Å². The van der Waals surface area contributed by atoms with Gasteiger partial charge in [0.2, 0.25) is 0 Å². The van der Waals surface area contributed by atoms with Gasteiger partial charge in [0, 0.05) is 37.9 Å². The molecule has 10 nitrogen and oxygen atoms in total. The largest absolute Gasteiger partial charge is 0.482 e. The second-order valence-corrected chi connectivity index (χ2v) is 9.61. The number of imidazole rings is 1. The molecule has 10 heteroatoms. The molecule has 6 rings (SSSR count). The molecule has 1 atom stereocenters. The van der Waals surface area contributed by atoms with Crippen molar-refractivity contribution in [3.05, 3.63) is 54.2 Å². The van der Waals surface area contributed by atoms with Crippen LogP contribution in [-0.4, -0.2) is 60.6 Å². The van der Waals surface area contributed by atoms with Gasteiger partial charge in [0.25, 0.3) is 0 Å². The van der Waals surface area contributed by atoms with Crippen LogP contribution in [0.15, 0.2) is 42.9 Å². The normalized spacial score (nSPS) is 17.6. The van der Waals surface area contributed by atoms with Gasteiger partial charge in [0.15, 0.2) is 6.19 Å². The number of nitriles is 1. The lowest BCUT2D eigenvalue weighted by atomic mass is 10.0. The lowest BCUT2D eigenvalue weighted by molar-refractivity contribution is 0.223. The monoisotopic (exact) mass is 483 g/mol. The van der Waals surface area contributed by atoms with E-state index in [1.165, 1.54) is 0 Å². The van der Waals surface area contributed by atoms with Gasteiger partial charge < -0.3 is 19.5 Å². The van der Waals surface area contributed by atoms with E-state index in [4.69, 9.17) is 9.72 Å². The lowest BCUT2D eigenvalue weighted by Crippen LogP contribution is -2.43. The summed E-state index contributed by atoms with van der Waals surface area (Å²) < 4.78 is 10.8. The minimum atomic E-state index is -0.227. The van der Waals surface area contributed by atoms with Crippen LogP contribution in [0.25, 0.3) is 22.3 Å². The predicted octanol–water partition coefficient (Wildman–Crippen LogP) is 3.40. The van der Waals surface area contributed by atoms with E-state index in [1.807, 2.05) is 36.1 Å². The molecule has 36 heavy (non-hydrogen) atoms. The summed E-state index contributed by atoms with van der Waals surface area (Å²) in [4.78, 5) is 11.0. The second kappa shape index (κ2) is 9.24. The zero-order valence-electron chi connectivity index (χ0n) is 20.5. The maximum atomic E-state index is 9.17. The number of likely N-dealkylation sites (tertiary alicyclic amines) is 1. The van der Waals surface area contributed by atoms with Gasteiger partial charge in [0.1, 0.15) is 23.1 Å². The Balaban J connectivity index is 1.38. The number of fused-ring (bicyclic) bond motifs is 1. The number of hydrogen-bond acceptors (Lipinski definition) is 8. The van der Waals surface area contributed by atoms with E-state index in [9.17, 15) is 5.26 Å². The van der Waals surface area contributed by atoms with Crippen molar-refractivity contribution < 1.29 is 4.74 Å². The van der Waals surface area contributed by atoms with Gasteiger partial charge in [-0.3, -0.25) is 4.98 Å². The number of ether oxygens (including phenoxy) is 1. The third kappa shape index (κ3) is 3.95. The molecule has 5 heterocycles. The molecular weight excluding hydrogens is 454 g/mol. The molecule has 1 N–H and O–H groups in total. The summed E-state index contributed by atoms with van der Waals surface area (Å²) in [7, 11) is 0. The van der Waals surface area contributed by atoms with E-state index in [0.717, 1.165) is 78.4 Å². The zero-order valence-corrected chi connectivity index (χ0v) is 20.5. The summed E-state index contributed by atoms with van der Waals surface area (Å²) >= 11 is 0. The van der Waals surface area contributed by atoms with E-state index in [-0.39, 0.29) is 12.1 Å². The average molecular weight is 484 g/mol. The van der Waals surface area contributed by atoms with Crippen LogP contribution in [0.4, 0.5) is 0 Å². The summed E-state index contributed by atoms with van der Waals surface area (Å²) in [6, 6.07) is 10.6. The molecule has 3 aromatic heterocycles. The fourth-order valence-corrected chi connectivity index (χ4v) is 5.14. The Morgan fingerprint density at radius 1 is 1.14 bits per heavy atom. The zero-order chi connectivity index (χ0) is 24.6. The van der Waals surface area contributed by atoms with E-state index < -0.39 is 0 Å². The summed E-state index contributed by atoms with van der Waals surface area (Å²) in [5.74, 6) is 0.765. The van der Waals surface area contributed by atoms with Gasteiger partial charge in [-0.2, -0.15) is 5.26 Å². The molecule has 0 saturated carbocycles. The molecule has 0 aliphatic carbocycles. The molecule has 2 saturated heterocycles. The van der Waals surface area contributed by atoms with Crippen molar-refractivity contribution >= 4 is 11.0 Å². The Morgan fingerprint density at radius 2 is 1.97 bits per heavy atom. The van der Waals surface area contributed by atoms with Crippen LogP contribution in [0, 0.1) is 18.4 Å². The van der Waals surface area contributed by atoms with Crippen LogP contribution in [0.5, 0.6) is 5.75 Å². The molecule has 0 amide bonds. The van der Waals surface area contributed by atoms with Gasteiger partial charge >= 0.3 is 0 Å². The van der Waals surface area contributed by atoms with Crippen LogP contribution in [-0.2, 0) is 0 Å². The van der Waals surface area contributed by atoms with Gasteiger partial charge in [-0.25, -0.2) is 9.67 Å². The number of hydrogen-bond donors (Lipinski definition) is 1. The van der Waals surface area contributed by atoms with Crippen molar-refractivity contribution in [2.45, 2.75) is 44.9 Å². The highest BCUT2D eigenvalue weighted by molar-refractivity contribution is 5.88. The predicted molar refractivity (Wildman–Crippen MR) is 134 cm³/mol. The number of aromatic nitrogens is 6. The highest BCUT2D eigenvalue weighted by atomic mass is 16.5. The van der Waals surface area contributed by atoms with Crippen LogP contribution < -0.4 is 10.1 Å². The Morgan fingerprint density at radius 3 is 2.67 bits per heavy atom. The Bertz CT molecular complexity index is 1410. The molecule has 4 aromatic rings. The Hall–Kier alpha value is -3.97. The highest BCUT2D eigenvalue weighted by Gasteiger charge is 2.27. The highest BCUT2D eigenvalue weighted by Crippen LogP contribution is 2.37. The van der Waals surface area contributed by atoms with E-state index in [0.29, 0.717) is 6.04 Å². The standard InChI is InChI=1S/C26H29N9O/c1-17-25(31-32-35(17)20-6-9-33(15-27)10-7-20)19-11-23-26(34(16-30-23)21-13-28-14-21)24(12-19)36-18(2)22-5-3-4-8-29-22/h3-5,8,11-12,16,18,20-21,28H,6-7,9-10,13-14H2,1-2H3/t18-/m1/s1. The maximum Gasteiger partial charge on any atom is 0.179 e. The molecule has 184 valence electrons. The number of benzene rings is 1. The third-order valence-corrected chi connectivity index (χ3v) is 7.35. The average Bonchev–Trinajstić information content (AvgIpc) is 3.47. The summed E-state index contributed by atoms with van der Waals surface area (Å²) in [6.45, 7) is 7.41. The van der Waals surface area contributed by atoms with Gasteiger partial charge in [-0.05, 0) is 51.0 Å². The Labute approximate surface area is 209 Å². The molecule has 0 radical (unpaired) electrons. The van der Waals surface area contributed by atoms with E-state index in [2.05, 4.69) is 50.4 Å². The molecule has 0 bridgehead atoms. The smallest absolute Gasteiger partial charge is 0.179 e. The van der Waals surface area contributed by atoms with Gasteiger partial charge in [-0.15, -0.1) is 5.10 Å². The summed E-state index contributed by atoms with van der Waals surface area (Å²) in [5.41, 5.74) is 5.51. The van der Waals surface area contributed by atoms with Crippen molar-refractivity contribution in [3.63, 3.8) is 0 Å². The van der Waals surface area contributed by atoms with Crippen molar-refractivity contribution in [2.75, 3.05) is 26.2 Å². The first-order chi connectivity index (χ1) is 17.6. The maximum absolute atomic E-state index is 9.17. The number of piperidine rings is 1. The van der Waals surface area contributed by atoms with Crippen molar-refractivity contribution in [3.8, 4) is 23.2 Å². The van der Waals surface area contributed by atoms with Gasteiger partial charge in [0.05, 0.1) is 35.3 Å². The van der Waals surface area contributed by atoms with Crippen LogP contribution in [0.2, 0.25) is 0 Å². The molecular formula is C26H29N9O.